The molecule has 0 aromatic rings. The van der Waals surface area contributed by atoms with E-state index in [0.717, 1.165) is 32.4 Å². The molecule has 34 heavy (non-hydrogen) atoms. The van der Waals surface area contributed by atoms with Crippen LogP contribution in [0.4, 0.5) is 0 Å². The summed E-state index contributed by atoms with van der Waals surface area (Å²) in [5.41, 5.74) is 0. The average Bonchev–Trinajstić information content (AvgIpc) is 2.81. The zero-order valence-corrected chi connectivity index (χ0v) is 21.1. The lowest BCUT2D eigenvalue weighted by atomic mass is 9.93. The predicted octanol–water partition coefficient (Wildman–Crippen LogP) is -0.982. The molecule has 3 amide bonds. The van der Waals surface area contributed by atoms with Crippen LogP contribution in [0.5, 0.6) is 0 Å². The fraction of sp³-hybridized carbons (Fsp3) is 0.810. The topological polar surface area (TPSA) is 174 Å². The van der Waals surface area contributed by atoms with Gasteiger partial charge in [0.25, 0.3) is 0 Å². The first-order valence-corrected chi connectivity index (χ1v) is 13.4. The fourth-order valence-electron chi connectivity index (χ4n) is 3.45. The van der Waals surface area contributed by atoms with E-state index in [-0.39, 0.29) is 11.7 Å². The number of carboxylic acid groups (broad SMARTS) is 1. The van der Waals surface area contributed by atoms with Crippen LogP contribution in [0.2, 0.25) is 0 Å². The van der Waals surface area contributed by atoms with Crippen molar-refractivity contribution in [2.24, 2.45) is 5.92 Å². The van der Waals surface area contributed by atoms with E-state index in [1.807, 2.05) is 6.92 Å². The molecule has 1 saturated heterocycles. The highest BCUT2D eigenvalue weighted by molar-refractivity contribution is 7.89. The quantitative estimate of drug-likeness (QED) is 0.189. The van der Waals surface area contributed by atoms with Crippen molar-refractivity contribution in [3.8, 4) is 0 Å². The molecule has 0 saturated carbocycles. The minimum Gasteiger partial charge on any atom is -0.480 e. The SMILES string of the molecule is CCCCS(=O)(=O)NC(CNC(=O)CNC(=O)C(C)N(C)C(=O)CCC1CCNCC1)C(=O)O. The molecule has 196 valence electrons. The number of rotatable bonds is 15. The Morgan fingerprint density at radius 1 is 1.15 bits per heavy atom. The smallest absolute Gasteiger partial charge is 0.323 e. The average molecular weight is 506 g/mol. The molecule has 2 atom stereocenters. The van der Waals surface area contributed by atoms with Crippen molar-refractivity contribution in [2.45, 2.75) is 64.5 Å². The summed E-state index contributed by atoms with van der Waals surface area (Å²) in [7, 11) is -2.26. The minimum atomic E-state index is -3.80. The molecule has 1 heterocycles. The Labute approximate surface area is 201 Å². The Kier molecular flexibility index (Phi) is 13.0. The Morgan fingerprint density at radius 2 is 1.79 bits per heavy atom. The zero-order chi connectivity index (χ0) is 25.7. The van der Waals surface area contributed by atoms with E-state index < -0.39 is 53.0 Å². The molecular formula is C21H39N5O7S. The van der Waals surface area contributed by atoms with Crippen molar-refractivity contribution in [1.82, 2.24) is 25.6 Å². The van der Waals surface area contributed by atoms with Crippen LogP contribution in [0.3, 0.4) is 0 Å². The molecule has 0 bridgehead atoms. The van der Waals surface area contributed by atoms with Gasteiger partial charge in [0.05, 0.1) is 12.3 Å². The number of carbonyl (C=O) groups excluding carboxylic acids is 3. The summed E-state index contributed by atoms with van der Waals surface area (Å²) < 4.78 is 25.9. The first-order chi connectivity index (χ1) is 16.0. The van der Waals surface area contributed by atoms with Crippen LogP contribution in [0.15, 0.2) is 0 Å². The van der Waals surface area contributed by atoms with Crippen LogP contribution in [0.1, 0.15) is 52.4 Å². The lowest BCUT2D eigenvalue weighted by molar-refractivity contribution is -0.139. The molecule has 0 aliphatic carbocycles. The van der Waals surface area contributed by atoms with E-state index in [1.165, 1.54) is 11.9 Å². The van der Waals surface area contributed by atoms with Gasteiger partial charge in [0.15, 0.2) is 0 Å². The van der Waals surface area contributed by atoms with Gasteiger partial charge in [0.1, 0.15) is 12.1 Å². The van der Waals surface area contributed by atoms with Gasteiger partial charge in [-0.25, -0.2) is 8.42 Å². The molecule has 1 aliphatic heterocycles. The molecular weight excluding hydrogens is 466 g/mol. The van der Waals surface area contributed by atoms with E-state index >= 15 is 0 Å². The number of likely N-dealkylation sites (N-methyl/N-ethyl adjacent to an activating group) is 1. The van der Waals surface area contributed by atoms with Crippen molar-refractivity contribution in [3.63, 3.8) is 0 Å². The maximum absolute atomic E-state index is 12.4. The van der Waals surface area contributed by atoms with E-state index in [1.54, 1.807) is 6.92 Å². The third kappa shape index (κ3) is 11.3. The van der Waals surface area contributed by atoms with Crippen LogP contribution < -0.4 is 20.7 Å². The number of amides is 3. The van der Waals surface area contributed by atoms with Gasteiger partial charge in [-0.3, -0.25) is 19.2 Å². The zero-order valence-electron chi connectivity index (χ0n) is 20.3. The molecule has 13 heteroatoms. The number of nitrogens with zero attached hydrogens (tertiary/aromatic N) is 1. The maximum atomic E-state index is 12.4. The summed E-state index contributed by atoms with van der Waals surface area (Å²) in [6.45, 7) is 4.36. The monoisotopic (exact) mass is 505 g/mol. The number of piperidine rings is 1. The molecule has 1 fully saturated rings. The van der Waals surface area contributed by atoms with E-state index in [4.69, 9.17) is 0 Å². The number of sulfonamides is 1. The van der Waals surface area contributed by atoms with Crippen LogP contribution >= 0.6 is 0 Å². The molecule has 1 rings (SSSR count). The van der Waals surface area contributed by atoms with Gasteiger partial charge >= 0.3 is 5.97 Å². The Hall–Kier alpha value is -2.25. The van der Waals surface area contributed by atoms with Crippen molar-refractivity contribution in [1.29, 1.82) is 0 Å². The molecule has 12 nitrogen and oxygen atoms in total. The normalized spacial score (nSPS) is 16.3. The fourth-order valence-corrected chi connectivity index (χ4v) is 4.85. The van der Waals surface area contributed by atoms with Gasteiger partial charge in [-0.05, 0) is 51.6 Å². The second-order valence-electron chi connectivity index (χ2n) is 8.62. The summed E-state index contributed by atoms with van der Waals surface area (Å²) in [5.74, 6) is -2.49. The third-order valence-electron chi connectivity index (χ3n) is 5.89. The molecule has 5 N–H and O–H groups in total. The van der Waals surface area contributed by atoms with E-state index in [2.05, 4.69) is 20.7 Å². The first-order valence-electron chi connectivity index (χ1n) is 11.7. The molecule has 0 aromatic carbocycles. The van der Waals surface area contributed by atoms with Gasteiger partial charge in [-0.1, -0.05) is 13.3 Å². The second kappa shape index (κ2) is 14.9. The molecule has 2 unspecified atom stereocenters. The van der Waals surface area contributed by atoms with Crippen LogP contribution in [-0.4, -0.2) is 93.2 Å². The van der Waals surface area contributed by atoms with E-state index in [9.17, 15) is 32.7 Å². The summed E-state index contributed by atoms with van der Waals surface area (Å²) >= 11 is 0. The number of nitrogens with one attached hydrogen (secondary N) is 4. The van der Waals surface area contributed by atoms with Crippen molar-refractivity contribution in [3.05, 3.63) is 0 Å². The second-order valence-corrected chi connectivity index (χ2v) is 10.5. The molecule has 0 spiro atoms. The van der Waals surface area contributed by atoms with Crippen LogP contribution in [0.25, 0.3) is 0 Å². The third-order valence-corrected chi connectivity index (χ3v) is 7.36. The minimum absolute atomic E-state index is 0.148. The summed E-state index contributed by atoms with van der Waals surface area (Å²) in [5, 5.41) is 17.2. The number of carbonyl (C=O) groups is 4. The standard InChI is InChI=1S/C21H39N5O7S/c1-4-5-12-34(32,33)25-17(21(30)31)13-23-18(27)14-24-20(29)15(2)26(3)19(28)7-6-16-8-10-22-11-9-16/h15-17,22,25H,4-14H2,1-3H3,(H,23,27)(H,24,29)(H,30,31). The van der Waals surface area contributed by atoms with E-state index in [0.29, 0.717) is 25.2 Å². The van der Waals surface area contributed by atoms with Gasteiger partial charge < -0.3 is 26.0 Å². The highest BCUT2D eigenvalue weighted by Gasteiger charge is 2.26. The Bertz CT molecular complexity index is 799. The Morgan fingerprint density at radius 3 is 2.38 bits per heavy atom. The molecule has 0 radical (unpaired) electrons. The summed E-state index contributed by atoms with van der Waals surface area (Å²) in [6.07, 6.45) is 4.20. The summed E-state index contributed by atoms with van der Waals surface area (Å²) in [4.78, 5) is 49.5. The number of hydrogen-bond acceptors (Lipinski definition) is 7. The molecule has 0 aromatic heterocycles. The summed E-state index contributed by atoms with van der Waals surface area (Å²) in [6, 6.07) is -2.31. The Balaban J connectivity index is 2.42. The highest BCUT2D eigenvalue weighted by atomic mass is 32.2. The highest BCUT2D eigenvalue weighted by Crippen LogP contribution is 2.18. The van der Waals surface area contributed by atoms with Gasteiger partial charge in [-0.2, -0.15) is 4.72 Å². The largest absolute Gasteiger partial charge is 0.480 e. The lowest BCUT2D eigenvalue weighted by Crippen LogP contribution is -2.51. The van der Waals surface area contributed by atoms with Crippen molar-refractivity contribution < 1.29 is 32.7 Å². The van der Waals surface area contributed by atoms with Crippen molar-refractivity contribution >= 4 is 33.7 Å². The number of aliphatic carboxylic acids is 1. The van der Waals surface area contributed by atoms with Crippen LogP contribution in [0, 0.1) is 5.92 Å². The van der Waals surface area contributed by atoms with Crippen molar-refractivity contribution in [2.75, 3.05) is 39.0 Å². The van der Waals surface area contributed by atoms with Gasteiger partial charge in [-0.15, -0.1) is 0 Å². The van der Waals surface area contributed by atoms with Gasteiger partial charge in [0, 0.05) is 20.0 Å². The lowest BCUT2D eigenvalue weighted by Gasteiger charge is -2.26. The maximum Gasteiger partial charge on any atom is 0.323 e. The predicted molar refractivity (Wildman–Crippen MR) is 126 cm³/mol. The number of hydrogen-bond donors (Lipinski definition) is 5. The first kappa shape index (κ1) is 29.8. The molecule has 1 aliphatic rings. The number of carboxylic acids is 1. The van der Waals surface area contributed by atoms with Gasteiger partial charge in [0.2, 0.25) is 27.7 Å². The number of unbranched alkanes of at least 4 members (excludes halogenated alkanes) is 1. The van der Waals surface area contributed by atoms with Crippen LogP contribution in [-0.2, 0) is 29.2 Å².